The molecule has 1 aliphatic carbocycles. The van der Waals surface area contributed by atoms with Crippen LogP contribution in [-0.4, -0.2) is 59.2 Å². The van der Waals surface area contributed by atoms with Crippen molar-refractivity contribution in [1.29, 1.82) is 0 Å². The Morgan fingerprint density at radius 3 is 2.65 bits per heavy atom. The fourth-order valence-corrected chi connectivity index (χ4v) is 4.22. The van der Waals surface area contributed by atoms with Gasteiger partial charge in [0.05, 0.1) is 19.7 Å². The van der Waals surface area contributed by atoms with Crippen LogP contribution in [0, 0.1) is 0 Å². The molecule has 0 spiro atoms. The molecule has 13 heteroatoms. The van der Waals surface area contributed by atoms with E-state index < -0.39 is 23.9 Å². The number of ether oxygens (including phenoxy) is 2. The van der Waals surface area contributed by atoms with Gasteiger partial charge in [0.2, 0.25) is 5.89 Å². The highest BCUT2D eigenvalue weighted by Gasteiger charge is 2.35. The quantitative estimate of drug-likeness (QED) is 0.506. The van der Waals surface area contributed by atoms with E-state index in [0.29, 0.717) is 23.9 Å². The normalized spacial score (nSPS) is 17.8. The molecule has 3 aromatic rings. The van der Waals surface area contributed by atoms with Crippen LogP contribution in [0.4, 0.5) is 18.0 Å². The number of alkyl carbamates (subject to hydrolysis) is 1. The van der Waals surface area contributed by atoms with Crippen molar-refractivity contribution >= 4 is 22.9 Å². The van der Waals surface area contributed by atoms with Crippen LogP contribution in [0.3, 0.4) is 0 Å². The molecule has 2 fully saturated rings. The Balaban J connectivity index is 1.41. The van der Waals surface area contributed by atoms with Gasteiger partial charge >= 0.3 is 12.3 Å². The molecule has 0 unspecified atom stereocenters. The largest absolute Gasteiger partial charge is 0.494 e. The van der Waals surface area contributed by atoms with Gasteiger partial charge in [-0.25, -0.2) is 14.8 Å². The number of amides is 2. The second-order valence-electron chi connectivity index (χ2n) is 8.89. The molecule has 2 amide bonds. The molecular weight excluding hydrogens is 495 g/mol. The highest BCUT2D eigenvalue weighted by molar-refractivity contribution is 5.98. The Bertz CT molecular complexity index is 1350. The average Bonchev–Trinajstić information content (AvgIpc) is 3.38. The molecule has 1 saturated carbocycles. The molecule has 3 heterocycles. The van der Waals surface area contributed by atoms with Crippen LogP contribution in [0.2, 0.25) is 0 Å². The number of nitrogens with one attached hydrogen (secondary N) is 1. The third-order valence-corrected chi connectivity index (χ3v) is 6.24. The maximum Gasteiger partial charge on any atom is 0.433 e. The van der Waals surface area contributed by atoms with Crippen molar-refractivity contribution in [2.75, 3.05) is 20.2 Å². The van der Waals surface area contributed by atoms with Crippen molar-refractivity contribution in [3.05, 3.63) is 41.4 Å². The minimum atomic E-state index is -4.64. The number of alkyl halides is 3. The summed E-state index contributed by atoms with van der Waals surface area (Å²) in [6, 6.07) is 4.88. The smallest absolute Gasteiger partial charge is 0.433 e. The lowest BCUT2D eigenvalue weighted by Crippen LogP contribution is -2.39. The van der Waals surface area contributed by atoms with Gasteiger partial charge in [0.1, 0.15) is 23.1 Å². The van der Waals surface area contributed by atoms with Crippen molar-refractivity contribution in [2.45, 2.75) is 44.1 Å². The summed E-state index contributed by atoms with van der Waals surface area (Å²) in [4.78, 5) is 34.8. The van der Waals surface area contributed by atoms with Gasteiger partial charge in [0.25, 0.3) is 5.91 Å². The molecule has 1 aliphatic heterocycles. The summed E-state index contributed by atoms with van der Waals surface area (Å²) in [7, 11) is 1.33. The van der Waals surface area contributed by atoms with Gasteiger partial charge in [-0.05, 0) is 43.5 Å². The lowest BCUT2D eigenvalue weighted by molar-refractivity contribution is -0.140. The van der Waals surface area contributed by atoms with Crippen LogP contribution in [0.25, 0.3) is 22.4 Å². The zero-order valence-electron chi connectivity index (χ0n) is 19.8. The molecule has 37 heavy (non-hydrogen) atoms. The molecule has 10 nitrogen and oxygen atoms in total. The monoisotopic (exact) mass is 519 g/mol. The fraction of sp³-hybridized carbons (Fsp3) is 0.417. The van der Waals surface area contributed by atoms with Crippen LogP contribution in [0.5, 0.6) is 5.75 Å². The number of aromatic nitrogens is 2. The number of likely N-dealkylation sites (tertiary alicyclic amines) is 1. The molecular formula is C24H24F3N5O5. The standard InChI is InChI=1S/C24H24F3N5O5/c1-35-16-6-4-15(14-5-7-18(24(25,26)27)30-19(14)16)21-31-20(17(10-28)37-21)22(33)32-9-8-12(11-32)29-23(34)36-13-2-3-13/h4-7,12-13H,2-3,8-11,28H2,1H3,(H,29,34)/t12-/m1/s1. The Hall–Kier alpha value is -3.87. The Labute approximate surface area is 208 Å². The SMILES string of the molecule is COc1ccc(-c2nc(C(=O)N3CC[C@@H](NC(=O)OC4CC4)C3)c(CN)o2)c2ccc(C(F)(F)F)nc12. The van der Waals surface area contributed by atoms with Crippen molar-refractivity contribution in [3.8, 4) is 17.2 Å². The molecule has 1 saturated heterocycles. The van der Waals surface area contributed by atoms with Crippen LogP contribution in [0.1, 0.15) is 41.2 Å². The Kier molecular flexibility index (Phi) is 6.40. The summed E-state index contributed by atoms with van der Waals surface area (Å²) < 4.78 is 55.9. The van der Waals surface area contributed by atoms with Crippen LogP contribution in [-0.2, 0) is 17.5 Å². The summed E-state index contributed by atoms with van der Waals surface area (Å²) in [6.07, 6.45) is -2.89. The number of pyridine rings is 1. The number of carbonyl (C=O) groups excluding carboxylic acids is 2. The van der Waals surface area contributed by atoms with Crippen LogP contribution >= 0.6 is 0 Å². The molecule has 2 aliphatic rings. The predicted octanol–water partition coefficient (Wildman–Crippen LogP) is 3.48. The van der Waals surface area contributed by atoms with E-state index >= 15 is 0 Å². The summed E-state index contributed by atoms with van der Waals surface area (Å²) in [5, 5.41) is 3.07. The predicted molar refractivity (Wildman–Crippen MR) is 124 cm³/mol. The molecule has 0 bridgehead atoms. The Morgan fingerprint density at radius 1 is 1.19 bits per heavy atom. The highest BCUT2D eigenvalue weighted by Crippen LogP contribution is 2.37. The number of fused-ring (bicyclic) bond motifs is 1. The van der Waals surface area contributed by atoms with E-state index in [1.807, 2.05) is 0 Å². The number of hydrogen-bond donors (Lipinski definition) is 2. The molecule has 2 aromatic heterocycles. The average molecular weight is 519 g/mol. The van der Waals surface area contributed by atoms with Gasteiger partial charge in [-0.3, -0.25) is 4.79 Å². The van der Waals surface area contributed by atoms with Crippen LogP contribution < -0.4 is 15.8 Å². The number of hydrogen-bond acceptors (Lipinski definition) is 8. The first-order valence-corrected chi connectivity index (χ1v) is 11.7. The number of carbonyl (C=O) groups is 2. The van der Waals surface area contributed by atoms with Crippen molar-refractivity contribution in [3.63, 3.8) is 0 Å². The number of benzene rings is 1. The van der Waals surface area contributed by atoms with Gasteiger partial charge in [-0.1, -0.05) is 0 Å². The third-order valence-electron chi connectivity index (χ3n) is 6.24. The number of nitrogens with two attached hydrogens (primary N) is 1. The van der Waals surface area contributed by atoms with Gasteiger partial charge in [0, 0.05) is 24.0 Å². The topological polar surface area (TPSA) is 133 Å². The fourth-order valence-electron chi connectivity index (χ4n) is 4.22. The maximum absolute atomic E-state index is 13.3. The number of halogens is 3. The molecule has 5 rings (SSSR count). The van der Waals surface area contributed by atoms with E-state index in [4.69, 9.17) is 19.6 Å². The summed E-state index contributed by atoms with van der Waals surface area (Å²) in [6.45, 7) is 0.525. The van der Waals surface area contributed by atoms with Crippen molar-refractivity contribution in [2.24, 2.45) is 5.73 Å². The zero-order valence-corrected chi connectivity index (χ0v) is 19.8. The lowest BCUT2D eigenvalue weighted by Gasteiger charge is -2.16. The van der Waals surface area contributed by atoms with E-state index in [-0.39, 0.29) is 53.8 Å². The number of methoxy groups -OCH3 is 1. The van der Waals surface area contributed by atoms with E-state index in [9.17, 15) is 22.8 Å². The number of nitrogens with zero attached hydrogens (tertiary/aromatic N) is 3. The molecule has 1 aromatic carbocycles. The summed E-state index contributed by atoms with van der Waals surface area (Å²) in [5.74, 6) is -0.138. The first-order valence-electron chi connectivity index (χ1n) is 11.7. The van der Waals surface area contributed by atoms with E-state index in [1.54, 1.807) is 6.07 Å². The van der Waals surface area contributed by atoms with E-state index in [1.165, 1.54) is 24.1 Å². The van der Waals surface area contributed by atoms with E-state index in [0.717, 1.165) is 18.9 Å². The second-order valence-corrected chi connectivity index (χ2v) is 8.89. The summed E-state index contributed by atoms with van der Waals surface area (Å²) in [5.41, 5.74) is 5.05. The molecule has 1 atom stereocenters. The highest BCUT2D eigenvalue weighted by atomic mass is 19.4. The van der Waals surface area contributed by atoms with Crippen molar-refractivity contribution < 1.29 is 36.7 Å². The van der Waals surface area contributed by atoms with Gasteiger partial charge in [-0.15, -0.1) is 0 Å². The second kappa shape index (κ2) is 9.54. The molecule has 196 valence electrons. The first kappa shape index (κ1) is 24.8. The Morgan fingerprint density at radius 2 is 1.97 bits per heavy atom. The zero-order chi connectivity index (χ0) is 26.3. The minimum absolute atomic E-state index is 0.00236. The van der Waals surface area contributed by atoms with Gasteiger partial charge < -0.3 is 29.8 Å². The first-order chi connectivity index (χ1) is 17.7. The molecule has 0 radical (unpaired) electrons. The van der Waals surface area contributed by atoms with Crippen molar-refractivity contribution in [1.82, 2.24) is 20.2 Å². The number of rotatable bonds is 6. The lowest BCUT2D eigenvalue weighted by atomic mass is 10.1. The van der Waals surface area contributed by atoms with Gasteiger partial charge in [0.15, 0.2) is 11.5 Å². The third kappa shape index (κ3) is 5.03. The van der Waals surface area contributed by atoms with E-state index in [2.05, 4.69) is 15.3 Å². The number of oxazole rings is 1. The van der Waals surface area contributed by atoms with Gasteiger partial charge in [-0.2, -0.15) is 13.2 Å². The molecule has 3 N–H and O–H groups in total. The minimum Gasteiger partial charge on any atom is -0.494 e. The maximum atomic E-state index is 13.3. The van der Waals surface area contributed by atoms with Crippen LogP contribution in [0.15, 0.2) is 28.7 Å². The summed E-state index contributed by atoms with van der Waals surface area (Å²) >= 11 is 0.